The van der Waals surface area contributed by atoms with Gasteiger partial charge in [-0.2, -0.15) is 0 Å². The first-order valence-electron chi connectivity index (χ1n) is 13.1. The minimum Gasteiger partial charge on any atom is -0.255 e. The minimum absolute atomic E-state index is 0.0644. The lowest BCUT2D eigenvalue weighted by molar-refractivity contribution is 0.596. The Kier molecular flexibility index (Phi) is 5.43. The molecule has 1 aliphatic heterocycles. The van der Waals surface area contributed by atoms with E-state index in [-0.39, 0.29) is 5.41 Å². The van der Waals surface area contributed by atoms with Crippen LogP contribution in [0.4, 0.5) is 0 Å². The summed E-state index contributed by atoms with van der Waals surface area (Å²) < 4.78 is 2.82. The molecule has 0 bridgehead atoms. The fraction of sp³-hybridized carbons (Fsp3) is 0.344. The molecule has 5 aromatic rings. The van der Waals surface area contributed by atoms with E-state index in [4.69, 9.17) is 4.98 Å². The van der Waals surface area contributed by atoms with Crippen molar-refractivity contribution in [1.29, 1.82) is 0 Å². The second-order valence-corrected chi connectivity index (χ2v) is 18.6. The lowest BCUT2D eigenvalue weighted by Crippen LogP contribution is -2.30. The standard InChI is InChI=1S/C32H35NSSi/c1-32(2,3)28-20-23(19-22-9-6-7-10-24(22)28)29-31-27(13-16-33-29)26-12-8-11-25(30(26)34-31)21-14-17-35(4,5)18-15-21/h6-13,16,19-21H,14-15,17-18H2,1-5H3. The van der Waals surface area contributed by atoms with Gasteiger partial charge in [0.05, 0.1) is 10.4 Å². The molecule has 3 heteroatoms. The smallest absolute Gasteiger partial charge is 0.0880 e. The maximum atomic E-state index is 4.98. The number of thiophene rings is 1. The van der Waals surface area contributed by atoms with Crippen LogP contribution in [0.1, 0.15) is 50.7 Å². The SMILES string of the molecule is CC(C)(C)c1cc(-c2nccc3c2sc2c(C4CC[Si](C)(C)CC4)cccc23)cc2ccccc12. The van der Waals surface area contributed by atoms with E-state index in [0.29, 0.717) is 5.92 Å². The summed E-state index contributed by atoms with van der Waals surface area (Å²) >= 11 is 1.97. The number of fused-ring (bicyclic) bond motifs is 4. The summed E-state index contributed by atoms with van der Waals surface area (Å²) in [5.74, 6) is 0.705. The number of aromatic nitrogens is 1. The lowest BCUT2D eigenvalue weighted by Gasteiger charge is -2.33. The molecule has 3 heterocycles. The van der Waals surface area contributed by atoms with Crippen LogP contribution in [0.25, 0.3) is 42.2 Å². The molecule has 0 unspecified atom stereocenters. The van der Waals surface area contributed by atoms with Gasteiger partial charge in [-0.15, -0.1) is 11.3 Å². The molecule has 0 atom stereocenters. The fourth-order valence-electron chi connectivity index (χ4n) is 6.05. The van der Waals surface area contributed by atoms with Crippen molar-refractivity contribution < 1.29 is 0 Å². The van der Waals surface area contributed by atoms with E-state index in [1.165, 1.54) is 67.0 Å². The molecule has 0 saturated carbocycles. The van der Waals surface area contributed by atoms with Crippen LogP contribution < -0.4 is 0 Å². The third kappa shape index (κ3) is 4.03. The van der Waals surface area contributed by atoms with E-state index in [9.17, 15) is 0 Å². The number of hydrogen-bond donors (Lipinski definition) is 0. The van der Waals surface area contributed by atoms with Gasteiger partial charge in [0, 0.05) is 35.3 Å². The Bertz CT molecular complexity index is 1560. The first-order valence-corrected chi connectivity index (χ1v) is 17.3. The van der Waals surface area contributed by atoms with Gasteiger partial charge in [-0.05, 0) is 64.3 Å². The monoisotopic (exact) mass is 493 g/mol. The third-order valence-corrected chi connectivity index (χ3v) is 12.7. The van der Waals surface area contributed by atoms with Crippen molar-refractivity contribution in [2.75, 3.05) is 0 Å². The highest BCUT2D eigenvalue weighted by Crippen LogP contribution is 2.46. The zero-order valence-corrected chi connectivity index (χ0v) is 23.4. The maximum absolute atomic E-state index is 4.98. The predicted molar refractivity (Wildman–Crippen MR) is 158 cm³/mol. The van der Waals surface area contributed by atoms with Crippen molar-refractivity contribution in [2.24, 2.45) is 0 Å². The summed E-state index contributed by atoms with van der Waals surface area (Å²) in [6.45, 7) is 12.1. The Labute approximate surface area is 214 Å². The topological polar surface area (TPSA) is 12.9 Å². The molecule has 0 spiro atoms. The van der Waals surface area contributed by atoms with Crippen LogP contribution >= 0.6 is 11.3 Å². The maximum Gasteiger partial charge on any atom is 0.0880 e. The van der Waals surface area contributed by atoms with Crippen LogP contribution in [-0.4, -0.2) is 13.1 Å². The normalized spacial score (nSPS) is 16.9. The van der Waals surface area contributed by atoms with Crippen molar-refractivity contribution in [3.05, 3.63) is 78.0 Å². The van der Waals surface area contributed by atoms with Gasteiger partial charge in [0.25, 0.3) is 0 Å². The van der Waals surface area contributed by atoms with Crippen molar-refractivity contribution in [2.45, 2.75) is 70.1 Å². The lowest BCUT2D eigenvalue weighted by atomic mass is 9.82. The quantitative estimate of drug-likeness (QED) is 0.223. The van der Waals surface area contributed by atoms with E-state index < -0.39 is 8.07 Å². The van der Waals surface area contributed by atoms with Gasteiger partial charge < -0.3 is 0 Å². The predicted octanol–water partition coefficient (Wildman–Crippen LogP) is 10.2. The van der Waals surface area contributed by atoms with Gasteiger partial charge in [0.15, 0.2) is 0 Å². The second kappa shape index (κ2) is 8.28. The first-order chi connectivity index (χ1) is 16.7. The Balaban J connectivity index is 1.55. The van der Waals surface area contributed by atoms with E-state index in [1.54, 1.807) is 5.56 Å². The molecule has 1 nitrogen and oxygen atoms in total. The summed E-state index contributed by atoms with van der Waals surface area (Å²) in [6, 6.07) is 25.7. The second-order valence-electron chi connectivity index (χ2n) is 12.3. The molecule has 6 rings (SSSR count). The molecular weight excluding hydrogens is 459 g/mol. The van der Waals surface area contributed by atoms with Crippen LogP contribution in [0, 0.1) is 0 Å². The molecule has 0 aliphatic carbocycles. The number of rotatable bonds is 2. The van der Waals surface area contributed by atoms with Crippen molar-refractivity contribution in [3.63, 3.8) is 0 Å². The summed E-state index contributed by atoms with van der Waals surface area (Å²) in [6.07, 6.45) is 4.73. The summed E-state index contributed by atoms with van der Waals surface area (Å²) in [7, 11) is -0.968. The number of hydrogen-bond acceptors (Lipinski definition) is 2. The highest BCUT2D eigenvalue weighted by Gasteiger charge is 2.30. The summed E-state index contributed by atoms with van der Waals surface area (Å²) in [5.41, 5.74) is 5.39. The van der Waals surface area contributed by atoms with Gasteiger partial charge in [-0.25, -0.2) is 0 Å². The summed E-state index contributed by atoms with van der Waals surface area (Å²) in [5, 5.41) is 5.40. The van der Waals surface area contributed by atoms with Gasteiger partial charge in [0.1, 0.15) is 0 Å². The first kappa shape index (κ1) is 22.9. The van der Waals surface area contributed by atoms with Crippen molar-refractivity contribution in [3.8, 4) is 11.3 Å². The summed E-state index contributed by atoms with van der Waals surface area (Å²) in [4.78, 5) is 4.98. The molecule has 3 aromatic carbocycles. The van der Waals surface area contributed by atoms with Gasteiger partial charge in [0.2, 0.25) is 0 Å². The van der Waals surface area contributed by atoms with E-state index in [1.807, 2.05) is 17.5 Å². The van der Waals surface area contributed by atoms with Gasteiger partial charge in [-0.1, -0.05) is 88.4 Å². The zero-order valence-electron chi connectivity index (χ0n) is 21.6. The molecule has 1 saturated heterocycles. The van der Waals surface area contributed by atoms with Gasteiger partial charge in [-0.3, -0.25) is 4.98 Å². The molecule has 2 aromatic heterocycles. The van der Waals surface area contributed by atoms with E-state index >= 15 is 0 Å². The Morgan fingerprint density at radius 1 is 0.829 bits per heavy atom. The van der Waals surface area contributed by atoms with E-state index in [2.05, 4.69) is 94.5 Å². The highest BCUT2D eigenvalue weighted by molar-refractivity contribution is 7.26. The molecule has 35 heavy (non-hydrogen) atoms. The number of benzene rings is 3. The average molecular weight is 494 g/mol. The molecule has 0 amide bonds. The zero-order chi connectivity index (χ0) is 24.4. The Morgan fingerprint density at radius 2 is 1.54 bits per heavy atom. The number of pyridine rings is 1. The molecule has 178 valence electrons. The van der Waals surface area contributed by atoms with Crippen LogP contribution in [0.5, 0.6) is 0 Å². The van der Waals surface area contributed by atoms with Crippen LogP contribution in [0.15, 0.2) is 66.9 Å². The largest absolute Gasteiger partial charge is 0.255 e. The van der Waals surface area contributed by atoms with Gasteiger partial charge >= 0.3 is 0 Å². The molecule has 1 aliphatic rings. The van der Waals surface area contributed by atoms with Crippen LogP contribution in [-0.2, 0) is 5.41 Å². The van der Waals surface area contributed by atoms with Crippen molar-refractivity contribution in [1.82, 2.24) is 4.98 Å². The third-order valence-electron chi connectivity index (χ3n) is 8.17. The van der Waals surface area contributed by atoms with Crippen LogP contribution in [0.2, 0.25) is 25.2 Å². The van der Waals surface area contributed by atoms with Crippen LogP contribution in [0.3, 0.4) is 0 Å². The highest BCUT2D eigenvalue weighted by atomic mass is 32.1. The molecule has 0 radical (unpaired) electrons. The molecule has 1 fully saturated rings. The molecular formula is C32H35NSSi. The van der Waals surface area contributed by atoms with E-state index in [0.717, 1.165) is 5.69 Å². The average Bonchev–Trinajstić information content (AvgIpc) is 3.22. The Morgan fingerprint density at radius 3 is 2.31 bits per heavy atom. The number of nitrogens with zero attached hydrogens (tertiary/aromatic N) is 1. The minimum atomic E-state index is -0.968. The molecule has 0 N–H and O–H groups in total. The van der Waals surface area contributed by atoms with Crippen molar-refractivity contribution >= 4 is 50.4 Å². The fourth-order valence-corrected chi connectivity index (χ4v) is 9.96. The Hall–Kier alpha value is -2.49.